The van der Waals surface area contributed by atoms with Crippen LogP contribution in [0.1, 0.15) is 121 Å². The van der Waals surface area contributed by atoms with E-state index in [-0.39, 0.29) is 11.4 Å². The van der Waals surface area contributed by atoms with Gasteiger partial charge in [-0.1, -0.05) is 72.6 Å². The zero-order chi connectivity index (χ0) is 26.4. The summed E-state index contributed by atoms with van der Waals surface area (Å²) in [7, 11) is -4.57. The molecule has 1 aromatic carbocycles. The van der Waals surface area contributed by atoms with E-state index >= 15 is 0 Å². The summed E-state index contributed by atoms with van der Waals surface area (Å²) in [5, 5.41) is 0. The fourth-order valence-corrected chi connectivity index (χ4v) is 5.95. The third-order valence-corrected chi connectivity index (χ3v) is 8.40. The molecule has 0 aromatic heterocycles. The van der Waals surface area contributed by atoms with Crippen LogP contribution in [0.4, 0.5) is 0 Å². The minimum atomic E-state index is -4.57. The Bertz CT molecular complexity index is 937. The van der Waals surface area contributed by atoms with Gasteiger partial charge in [0, 0.05) is 11.1 Å². The van der Waals surface area contributed by atoms with Crippen molar-refractivity contribution in [3.63, 3.8) is 0 Å². The Hall–Kier alpha value is -1.27. The first-order valence-electron chi connectivity index (χ1n) is 13.7. The molecule has 202 valence electrons. The van der Waals surface area contributed by atoms with Crippen LogP contribution >= 0.6 is 0 Å². The van der Waals surface area contributed by atoms with Gasteiger partial charge in [-0.15, -0.1) is 0 Å². The third-order valence-electron chi connectivity index (χ3n) is 8.03. The van der Waals surface area contributed by atoms with Gasteiger partial charge in [-0.2, -0.15) is 8.42 Å². The van der Waals surface area contributed by atoms with Gasteiger partial charge < -0.3 is 8.92 Å². The van der Waals surface area contributed by atoms with Crippen LogP contribution in [0.2, 0.25) is 0 Å². The molecule has 1 unspecified atom stereocenters. The van der Waals surface area contributed by atoms with E-state index in [4.69, 9.17) is 8.92 Å². The quantitative estimate of drug-likeness (QED) is 0.255. The molecule has 1 N–H and O–H groups in total. The molecule has 1 aromatic rings. The van der Waals surface area contributed by atoms with Crippen molar-refractivity contribution in [1.82, 2.24) is 0 Å². The van der Waals surface area contributed by atoms with E-state index in [1.54, 1.807) is 0 Å². The van der Waals surface area contributed by atoms with Crippen molar-refractivity contribution in [2.24, 2.45) is 17.8 Å². The molecule has 0 aliphatic carbocycles. The number of hydrogen-bond donors (Lipinski definition) is 1. The van der Waals surface area contributed by atoms with E-state index in [0.29, 0.717) is 5.56 Å². The van der Waals surface area contributed by atoms with E-state index < -0.39 is 10.4 Å². The Morgan fingerprint density at radius 1 is 0.886 bits per heavy atom. The molecule has 35 heavy (non-hydrogen) atoms. The molecule has 6 heteroatoms. The van der Waals surface area contributed by atoms with Crippen LogP contribution in [0.5, 0.6) is 11.5 Å². The lowest BCUT2D eigenvalue weighted by molar-refractivity contribution is 0.0512. The molecule has 5 nitrogen and oxygen atoms in total. The summed E-state index contributed by atoms with van der Waals surface area (Å²) in [5.74, 6) is 3.48. The first-order valence-corrected chi connectivity index (χ1v) is 15.1. The largest absolute Gasteiger partial charge is 0.487 e. The fourth-order valence-electron chi connectivity index (χ4n) is 5.49. The Kier molecular flexibility index (Phi) is 11.0. The molecular formula is C29H50O5S. The average Bonchev–Trinajstić information content (AvgIpc) is 2.74. The molecule has 0 saturated carbocycles. The Morgan fingerprint density at radius 2 is 1.43 bits per heavy atom. The smallest absolute Gasteiger partial charge is 0.446 e. The molecule has 1 heterocycles. The molecule has 1 aliphatic rings. The van der Waals surface area contributed by atoms with Crippen LogP contribution in [-0.2, 0) is 16.8 Å². The van der Waals surface area contributed by atoms with Crippen molar-refractivity contribution in [1.29, 1.82) is 0 Å². The Labute approximate surface area is 215 Å². The maximum Gasteiger partial charge on any atom is 0.446 e. The summed E-state index contributed by atoms with van der Waals surface area (Å²) in [4.78, 5) is 0. The predicted octanol–water partition coefficient (Wildman–Crippen LogP) is 8.32. The van der Waals surface area contributed by atoms with Crippen LogP contribution in [0.25, 0.3) is 0 Å². The monoisotopic (exact) mass is 510 g/mol. The first-order chi connectivity index (χ1) is 16.2. The SMILES string of the molecule is Cc1c(C)c2c(c(C)c1OS(=O)(=O)O)CCC(C)(CCC[C@H](C)CCC[C@H](C)CCCC(C)C)O2. The van der Waals surface area contributed by atoms with Gasteiger partial charge in [0.1, 0.15) is 11.4 Å². The minimum absolute atomic E-state index is 0.216. The summed E-state index contributed by atoms with van der Waals surface area (Å²) >= 11 is 0. The van der Waals surface area contributed by atoms with Gasteiger partial charge in [-0.3, -0.25) is 4.55 Å². The first kappa shape index (κ1) is 30.0. The number of benzene rings is 1. The van der Waals surface area contributed by atoms with Gasteiger partial charge in [0.15, 0.2) is 5.75 Å². The lowest BCUT2D eigenvalue weighted by Crippen LogP contribution is -2.37. The molecule has 0 bridgehead atoms. The van der Waals surface area contributed by atoms with Gasteiger partial charge in [0.25, 0.3) is 0 Å². The highest BCUT2D eigenvalue weighted by molar-refractivity contribution is 7.81. The highest BCUT2D eigenvalue weighted by Gasteiger charge is 2.35. The van der Waals surface area contributed by atoms with Crippen molar-refractivity contribution in [2.45, 2.75) is 132 Å². The van der Waals surface area contributed by atoms with Crippen LogP contribution in [0.3, 0.4) is 0 Å². The molecule has 2 rings (SSSR count). The predicted molar refractivity (Wildman–Crippen MR) is 145 cm³/mol. The second-order valence-corrected chi connectivity index (χ2v) is 13.0. The maximum absolute atomic E-state index is 11.3. The average molecular weight is 511 g/mol. The van der Waals surface area contributed by atoms with Crippen LogP contribution < -0.4 is 8.92 Å². The van der Waals surface area contributed by atoms with Gasteiger partial charge >= 0.3 is 10.4 Å². The van der Waals surface area contributed by atoms with E-state index in [1.807, 2.05) is 20.8 Å². The van der Waals surface area contributed by atoms with E-state index in [2.05, 4.69) is 34.6 Å². The molecule has 3 atom stereocenters. The van der Waals surface area contributed by atoms with Crippen LogP contribution in [0.15, 0.2) is 0 Å². The van der Waals surface area contributed by atoms with Crippen molar-refractivity contribution in [3.05, 3.63) is 22.3 Å². The molecular weight excluding hydrogens is 460 g/mol. The van der Waals surface area contributed by atoms with Gasteiger partial charge in [-0.25, -0.2) is 0 Å². The van der Waals surface area contributed by atoms with Gasteiger partial charge in [-0.05, 0) is 82.3 Å². The molecule has 0 saturated heterocycles. The molecule has 1 aliphatic heterocycles. The normalized spacial score (nSPS) is 19.8. The second-order valence-electron chi connectivity index (χ2n) is 11.9. The highest BCUT2D eigenvalue weighted by Crippen LogP contribution is 2.45. The lowest BCUT2D eigenvalue weighted by atomic mass is 9.84. The summed E-state index contributed by atoms with van der Waals surface area (Å²) < 4.78 is 43.3. The van der Waals surface area contributed by atoms with Crippen LogP contribution in [-0.4, -0.2) is 18.6 Å². The zero-order valence-corrected chi connectivity index (χ0v) is 24.3. The summed E-state index contributed by atoms with van der Waals surface area (Å²) in [5.41, 5.74) is 3.07. The standard InChI is InChI=1S/C29H50O5S/c1-20(2)12-9-13-21(3)14-10-15-22(4)16-11-18-29(8)19-17-26-25(7)27(34-35(30,31)32)23(5)24(6)28(26)33-29/h20-22H,9-19H2,1-8H3,(H,30,31,32)/t21-,22-,29?/m1/s1. The molecule has 0 amide bonds. The third kappa shape index (κ3) is 9.27. The van der Waals surface area contributed by atoms with Crippen LogP contribution in [0, 0.1) is 38.5 Å². The Balaban J connectivity index is 1.86. The summed E-state index contributed by atoms with van der Waals surface area (Å²) in [6, 6.07) is 0. The summed E-state index contributed by atoms with van der Waals surface area (Å²) in [6.07, 6.45) is 13.2. The number of fused-ring (bicyclic) bond motifs is 1. The maximum atomic E-state index is 11.3. The molecule has 0 fully saturated rings. The van der Waals surface area contributed by atoms with Gasteiger partial charge in [0.05, 0.1) is 0 Å². The van der Waals surface area contributed by atoms with Crippen molar-refractivity contribution < 1.29 is 21.9 Å². The number of ether oxygens (including phenoxy) is 1. The van der Waals surface area contributed by atoms with Gasteiger partial charge in [0.2, 0.25) is 0 Å². The number of rotatable bonds is 14. The minimum Gasteiger partial charge on any atom is -0.487 e. The number of hydrogen-bond acceptors (Lipinski definition) is 4. The van der Waals surface area contributed by atoms with E-state index in [1.165, 1.54) is 44.9 Å². The van der Waals surface area contributed by atoms with E-state index in [9.17, 15) is 13.0 Å². The second kappa shape index (κ2) is 12.8. The van der Waals surface area contributed by atoms with Crippen molar-refractivity contribution >= 4 is 10.4 Å². The van der Waals surface area contributed by atoms with Crippen molar-refractivity contribution in [3.8, 4) is 11.5 Å². The highest BCUT2D eigenvalue weighted by atomic mass is 32.3. The fraction of sp³-hybridized carbons (Fsp3) is 0.793. The zero-order valence-electron chi connectivity index (χ0n) is 23.5. The lowest BCUT2D eigenvalue weighted by Gasteiger charge is -2.38. The summed E-state index contributed by atoms with van der Waals surface area (Å²) in [6.45, 7) is 17.2. The van der Waals surface area contributed by atoms with E-state index in [0.717, 1.165) is 65.9 Å². The molecule has 0 spiro atoms. The topological polar surface area (TPSA) is 72.8 Å². The Morgan fingerprint density at radius 3 is 1.97 bits per heavy atom. The molecule has 0 radical (unpaired) electrons. The van der Waals surface area contributed by atoms with Crippen molar-refractivity contribution in [2.75, 3.05) is 0 Å².